The van der Waals surface area contributed by atoms with Crippen molar-refractivity contribution in [2.24, 2.45) is 0 Å². The number of nitrogens with zero attached hydrogens (tertiary/aromatic N) is 1. The van der Waals surface area contributed by atoms with Crippen molar-refractivity contribution in [2.45, 2.75) is 13.3 Å². The van der Waals surface area contributed by atoms with Gasteiger partial charge in [0, 0.05) is 11.0 Å². The number of fused-ring (bicyclic) bond motifs is 1. The standard InChI is InChI=1S/C17H16BrNO2/c1-11-4-3-5-12-8-9-19(16(11)12)17(20)14-10-13(21-2)6-7-15(14)18/h3-7,10H,8-9H2,1-2H3. The number of hydrogen-bond acceptors (Lipinski definition) is 2. The Morgan fingerprint density at radius 2 is 2.10 bits per heavy atom. The van der Waals surface area contributed by atoms with E-state index >= 15 is 0 Å². The van der Waals surface area contributed by atoms with Gasteiger partial charge < -0.3 is 9.64 Å². The van der Waals surface area contributed by atoms with E-state index in [0.29, 0.717) is 11.3 Å². The number of carbonyl (C=O) groups is 1. The molecule has 1 amide bonds. The molecule has 3 nitrogen and oxygen atoms in total. The van der Waals surface area contributed by atoms with E-state index in [9.17, 15) is 4.79 Å². The van der Waals surface area contributed by atoms with Gasteiger partial charge in [0.05, 0.1) is 18.4 Å². The van der Waals surface area contributed by atoms with Crippen LogP contribution in [0.5, 0.6) is 5.75 Å². The highest BCUT2D eigenvalue weighted by Gasteiger charge is 2.28. The Bertz CT molecular complexity index is 712. The van der Waals surface area contributed by atoms with Gasteiger partial charge in [-0.15, -0.1) is 0 Å². The first-order valence-electron chi connectivity index (χ1n) is 6.85. The number of para-hydroxylation sites is 1. The molecule has 0 atom stereocenters. The molecule has 0 bridgehead atoms. The van der Waals surface area contributed by atoms with Crippen LogP contribution in [0, 0.1) is 6.92 Å². The second-order valence-corrected chi connectivity index (χ2v) is 5.99. The molecule has 1 aliphatic rings. The van der Waals surface area contributed by atoms with Crippen LogP contribution in [0.25, 0.3) is 0 Å². The van der Waals surface area contributed by atoms with E-state index in [1.54, 1.807) is 13.2 Å². The van der Waals surface area contributed by atoms with E-state index in [1.165, 1.54) is 5.56 Å². The normalized spacial score (nSPS) is 13.2. The van der Waals surface area contributed by atoms with Crippen molar-refractivity contribution < 1.29 is 9.53 Å². The van der Waals surface area contributed by atoms with E-state index < -0.39 is 0 Å². The highest BCUT2D eigenvalue weighted by atomic mass is 79.9. The zero-order valence-corrected chi connectivity index (χ0v) is 13.6. The lowest BCUT2D eigenvalue weighted by molar-refractivity contribution is 0.0988. The summed E-state index contributed by atoms with van der Waals surface area (Å²) in [5.41, 5.74) is 4.06. The molecule has 0 saturated heterocycles. The number of halogens is 1. The lowest BCUT2D eigenvalue weighted by Crippen LogP contribution is -2.29. The fourth-order valence-corrected chi connectivity index (χ4v) is 3.21. The number of aryl methyl sites for hydroxylation is 1. The minimum atomic E-state index is 0.00817. The van der Waals surface area contributed by atoms with Crippen LogP contribution in [-0.2, 0) is 6.42 Å². The molecule has 0 fully saturated rings. The molecule has 1 heterocycles. The number of ether oxygens (including phenoxy) is 1. The summed E-state index contributed by atoms with van der Waals surface area (Å²) in [5.74, 6) is 0.694. The quantitative estimate of drug-likeness (QED) is 0.824. The summed E-state index contributed by atoms with van der Waals surface area (Å²) in [7, 11) is 1.60. The molecule has 0 aromatic heterocycles. The average molecular weight is 346 g/mol. The summed E-state index contributed by atoms with van der Waals surface area (Å²) in [4.78, 5) is 14.8. The highest BCUT2D eigenvalue weighted by molar-refractivity contribution is 9.10. The number of hydrogen-bond donors (Lipinski definition) is 0. The minimum Gasteiger partial charge on any atom is -0.497 e. The monoisotopic (exact) mass is 345 g/mol. The third kappa shape index (κ3) is 2.44. The number of anilines is 1. The maximum Gasteiger partial charge on any atom is 0.259 e. The topological polar surface area (TPSA) is 29.5 Å². The summed E-state index contributed by atoms with van der Waals surface area (Å²) in [6, 6.07) is 11.7. The summed E-state index contributed by atoms with van der Waals surface area (Å²) in [6.07, 6.45) is 0.907. The van der Waals surface area contributed by atoms with Crippen molar-refractivity contribution >= 4 is 27.5 Å². The molecule has 21 heavy (non-hydrogen) atoms. The Kier molecular flexibility index (Phi) is 3.72. The fourth-order valence-electron chi connectivity index (χ4n) is 2.80. The lowest BCUT2D eigenvalue weighted by Gasteiger charge is -2.20. The van der Waals surface area contributed by atoms with Crippen molar-refractivity contribution in [1.82, 2.24) is 0 Å². The Morgan fingerprint density at radius 1 is 1.29 bits per heavy atom. The fraction of sp³-hybridized carbons (Fsp3) is 0.235. The van der Waals surface area contributed by atoms with Crippen LogP contribution in [0.3, 0.4) is 0 Å². The van der Waals surface area contributed by atoms with E-state index in [4.69, 9.17) is 4.74 Å². The molecule has 3 rings (SSSR count). The predicted octanol–water partition coefficient (Wildman–Crippen LogP) is 3.97. The van der Waals surface area contributed by atoms with Crippen molar-refractivity contribution in [1.29, 1.82) is 0 Å². The van der Waals surface area contributed by atoms with Gasteiger partial charge in [0.15, 0.2) is 0 Å². The van der Waals surface area contributed by atoms with Gasteiger partial charge in [0.2, 0.25) is 0 Å². The molecule has 4 heteroatoms. The van der Waals surface area contributed by atoms with Crippen LogP contribution in [0.15, 0.2) is 40.9 Å². The number of rotatable bonds is 2. The van der Waals surface area contributed by atoms with Crippen LogP contribution >= 0.6 is 15.9 Å². The maximum atomic E-state index is 12.9. The zero-order chi connectivity index (χ0) is 15.0. The van der Waals surface area contributed by atoms with Crippen LogP contribution in [0.2, 0.25) is 0 Å². The molecule has 0 radical (unpaired) electrons. The molecule has 0 aliphatic carbocycles. The molecular formula is C17H16BrNO2. The number of amides is 1. The number of methoxy groups -OCH3 is 1. The largest absolute Gasteiger partial charge is 0.497 e. The Balaban J connectivity index is 2.02. The molecule has 108 valence electrons. The van der Waals surface area contributed by atoms with Gasteiger partial charge in [-0.1, -0.05) is 18.2 Å². The van der Waals surface area contributed by atoms with Crippen molar-refractivity contribution in [2.75, 3.05) is 18.6 Å². The summed E-state index contributed by atoms with van der Waals surface area (Å²) >= 11 is 3.46. The van der Waals surface area contributed by atoms with Crippen LogP contribution in [0.4, 0.5) is 5.69 Å². The van der Waals surface area contributed by atoms with Gasteiger partial charge in [0.1, 0.15) is 5.75 Å². The smallest absolute Gasteiger partial charge is 0.259 e. The van der Waals surface area contributed by atoms with Gasteiger partial charge in [-0.2, -0.15) is 0 Å². The van der Waals surface area contributed by atoms with Crippen molar-refractivity contribution in [3.63, 3.8) is 0 Å². The van der Waals surface area contributed by atoms with E-state index in [2.05, 4.69) is 22.0 Å². The van der Waals surface area contributed by atoms with Crippen LogP contribution < -0.4 is 9.64 Å². The van der Waals surface area contributed by atoms with Crippen molar-refractivity contribution in [3.8, 4) is 5.75 Å². The first-order valence-corrected chi connectivity index (χ1v) is 7.65. The molecule has 0 N–H and O–H groups in total. The third-order valence-electron chi connectivity index (χ3n) is 3.85. The van der Waals surface area contributed by atoms with Gasteiger partial charge in [-0.25, -0.2) is 0 Å². The Labute approximate surface area is 132 Å². The van der Waals surface area contributed by atoms with E-state index in [0.717, 1.165) is 28.7 Å². The highest BCUT2D eigenvalue weighted by Crippen LogP contribution is 2.34. The number of carbonyl (C=O) groups excluding carboxylic acids is 1. The minimum absolute atomic E-state index is 0.00817. The van der Waals surface area contributed by atoms with Crippen LogP contribution in [0.1, 0.15) is 21.5 Å². The maximum absolute atomic E-state index is 12.9. The summed E-state index contributed by atoms with van der Waals surface area (Å²) < 4.78 is 6.01. The molecule has 2 aromatic carbocycles. The lowest BCUT2D eigenvalue weighted by atomic mass is 10.1. The summed E-state index contributed by atoms with van der Waals surface area (Å²) in [6.45, 7) is 2.77. The molecule has 0 spiro atoms. The molecule has 2 aromatic rings. The van der Waals surface area contributed by atoms with E-state index in [-0.39, 0.29) is 5.91 Å². The molecular weight excluding hydrogens is 330 g/mol. The SMILES string of the molecule is COc1ccc(Br)c(C(=O)N2CCc3cccc(C)c32)c1. The van der Waals surface area contributed by atoms with Crippen LogP contribution in [-0.4, -0.2) is 19.6 Å². The zero-order valence-electron chi connectivity index (χ0n) is 12.0. The van der Waals surface area contributed by atoms with E-state index in [1.807, 2.05) is 36.1 Å². The molecule has 0 saturated carbocycles. The average Bonchev–Trinajstić information content (AvgIpc) is 2.92. The number of benzene rings is 2. The molecule has 1 aliphatic heterocycles. The second-order valence-electron chi connectivity index (χ2n) is 5.14. The van der Waals surface area contributed by atoms with Gasteiger partial charge >= 0.3 is 0 Å². The van der Waals surface area contributed by atoms with Crippen molar-refractivity contribution in [3.05, 3.63) is 57.6 Å². The van der Waals surface area contributed by atoms with Gasteiger partial charge in [-0.3, -0.25) is 4.79 Å². The second kappa shape index (κ2) is 5.53. The predicted molar refractivity (Wildman–Crippen MR) is 87.3 cm³/mol. The Morgan fingerprint density at radius 3 is 2.86 bits per heavy atom. The third-order valence-corrected chi connectivity index (χ3v) is 4.54. The van der Waals surface area contributed by atoms with Gasteiger partial charge in [-0.05, 0) is 58.6 Å². The van der Waals surface area contributed by atoms with Gasteiger partial charge in [0.25, 0.3) is 5.91 Å². The molecule has 0 unspecified atom stereocenters. The Hall–Kier alpha value is -1.81. The first-order chi connectivity index (χ1) is 10.1. The first kappa shape index (κ1) is 14.1. The summed E-state index contributed by atoms with van der Waals surface area (Å²) in [5, 5.41) is 0.